The molecule has 1 aromatic heterocycles. The average molecular weight is 293 g/mol. The molecule has 1 atom stereocenters. The molecule has 1 N–H and O–H groups in total. The Morgan fingerprint density at radius 2 is 1.95 bits per heavy atom. The van der Waals surface area contributed by atoms with Gasteiger partial charge in [0.2, 0.25) is 5.82 Å². The summed E-state index contributed by atoms with van der Waals surface area (Å²) in [5.41, 5.74) is 0.260. The molecular formula is C14H13F2N3O2. The summed E-state index contributed by atoms with van der Waals surface area (Å²) in [6.07, 6.45) is 3.27. The van der Waals surface area contributed by atoms with Crippen molar-refractivity contribution >= 4 is 5.69 Å². The van der Waals surface area contributed by atoms with E-state index in [2.05, 4.69) is 10.3 Å². The second-order valence-corrected chi connectivity index (χ2v) is 4.54. The molecule has 2 rings (SSSR count). The summed E-state index contributed by atoms with van der Waals surface area (Å²) >= 11 is 0. The number of rotatable bonds is 5. The molecule has 110 valence electrons. The molecule has 5 nitrogen and oxygen atoms in total. The predicted octanol–water partition coefficient (Wildman–Crippen LogP) is 3.12. The maximum absolute atomic E-state index is 13.6. The van der Waals surface area contributed by atoms with Gasteiger partial charge in [-0.3, -0.25) is 15.1 Å². The van der Waals surface area contributed by atoms with E-state index in [4.69, 9.17) is 0 Å². The minimum atomic E-state index is -1.18. The first-order chi connectivity index (χ1) is 9.99. The van der Waals surface area contributed by atoms with Gasteiger partial charge in [-0.2, -0.15) is 4.39 Å². The Morgan fingerprint density at radius 3 is 2.57 bits per heavy atom. The highest BCUT2D eigenvalue weighted by molar-refractivity contribution is 5.37. The van der Waals surface area contributed by atoms with Crippen molar-refractivity contribution in [1.82, 2.24) is 10.3 Å². The van der Waals surface area contributed by atoms with E-state index in [0.29, 0.717) is 6.07 Å². The zero-order valence-corrected chi connectivity index (χ0v) is 11.2. The third kappa shape index (κ3) is 3.57. The van der Waals surface area contributed by atoms with Gasteiger partial charge in [-0.25, -0.2) is 4.39 Å². The van der Waals surface area contributed by atoms with Crippen LogP contribution >= 0.6 is 0 Å². The predicted molar refractivity (Wildman–Crippen MR) is 72.5 cm³/mol. The average Bonchev–Trinajstić information content (AvgIpc) is 2.46. The number of nitro benzene ring substituents is 1. The number of nitro groups is 1. The number of nitrogens with zero attached hydrogens (tertiary/aromatic N) is 2. The van der Waals surface area contributed by atoms with Crippen molar-refractivity contribution < 1.29 is 13.7 Å². The molecule has 0 saturated heterocycles. The van der Waals surface area contributed by atoms with E-state index < -0.39 is 22.2 Å². The van der Waals surface area contributed by atoms with Crippen LogP contribution in [0.3, 0.4) is 0 Å². The second kappa shape index (κ2) is 6.36. The van der Waals surface area contributed by atoms with Crippen molar-refractivity contribution in [3.63, 3.8) is 0 Å². The molecule has 7 heteroatoms. The van der Waals surface area contributed by atoms with Gasteiger partial charge >= 0.3 is 5.69 Å². The topological polar surface area (TPSA) is 68.1 Å². The first-order valence-corrected chi connectivity index (χ1v) is 6.24. The molecule has 0 fully saturated rings. The van der Waals surface area contributed by atoms with Gasteiger partial charge in [0.15, 0.2) is 0 Å². The number of hydrogen-bond acceptors (Lipinski definition) is 4. The molecule has 0 radical (unpaired) electrons. The van der Waals surface area contributed by atoms with Crippen LogP contribution in [0, 0.1) is 21.7 Å². The molecular weight excluding hydrogens is 280 g/mol. The summed E-state index contributed by atoms with van der Waals surface area (Å²) in [5, 5.41) is 13.7. The highest BCUT2D eigenvalue weighted by Gasteiger charge is 2.18. The molecule has 1 heterocycles. The maximum atomic E-state index is 13.6. The fourth-order valence-corrected chi connectivity index (χ4v) is 1.89. The Labute approximate surface area is 119 Å². The summed E-state index contributed by atoms with van der Waals surface area (Å²) in [7, 11) is 0. The van der Waals surface area contributed by atoms with Gasteiger partial charge in [0, 0.05) is 42.7 Å². The van der Waals surface area contributed by atoms with Crippen molar-refractivity contribution in [1.29, 1.82) is 0 Å². The highest BCUT2D eigenvalue weighted by atomic mass is 19.1. The van der Waals surface area contributed by atoms with Crippen molar-refractivity contribution in [2.24, 2.45) is 0 Å². The van der Waals surface area contributed by atoms with E-state index in [1.807, 2.05) is 6.92 Å². The number of benzene rings is 1. The maximum Gasteiger partial charge on any atom is 0.305 e. The first-order valence-electron chi connectivity index (χ1n) is 6.24. The standard InChI is InChI=1S/C14H13F2N3O2/c1-9(10-2-4-17-5-3-10)18-8-11-6-14(19(20)21)13(16)7-12(11)15/h2-7,9,18H,8H2,1H3/t9-/m1/s1. The van der Waals surface area contributed by atoms with E-state index in [1.54, 1.807) is 24.5 Å². The molecule has 21 heavy (non-hydrogen) atoms. The Balaban J connectivity index is 2.13. The van der Waals surface area contributed by atoms with Crippen LogP contribution in [0.1, 0.15) is 24.1 Å². The molecule has 2 aromatic rings. The number of aromatic nitrogens is 1. The van der Waals surface area contributed by atoms with E-state index >= 15 is 0 Å². The monoisotopic (exact) mass is 293 g/mol. The van der Waals surface area contributed by atoms with E-state index in [0.717, 1.165) is 11.6 Å². The lowest BCUT2D eigenvalue weighted by Crippen LogP contribution is -2.19. The minimum absolute atomic E-state index is 0.0454. The highest BCUT2D eigenvalue weighted by Crippen LogP contribution is 2.22. The molecule has 0 saturated carbocycles. The van der Waals surface area contributed by atoms with Gasteiger partial charge < -0.3 is 5.32 Å². The summed E-state index contributed by atoms with van der Waals surface area (Å²) in [5.74, 6) is -1.99. The summed E-state index contributed by atoms with van der Waals surface area (Å²) in [6.45, 7) is 1.92. The van der Waals surface area contributed by atoms with Gasteiger partial charge in [0.25, 0.3) is 0 Å². The van der Waals surface area contributed by atoms with Crippen molar-refractivity contribution in [2.45, 2.75) is 19.5 Å². The molecule has 0 amide bonds. The van der Waals surface area contributed by atoms with Crippen LogP contribution in [0.4, 0.5) is 14.5 Å². The zero-order chi connectivity index (χ0) is 15.4. The van der Waals surface area contributed by atoms with Crippen LogP contribution in [0.5, 0.6) is 0 Å². The van der Waals surface area contributed by atoms with Crippen molar-refractivity contribution in [3.05, 3.63) is 69.5 Å². The van der Waals surface area contributed by atoms with Gasteiger partial charge in [-0.1, -0.05) is 0 Å². The van der Waals surface area contributed by atoms with Crippen LogP contribution in [0.25, 0.3) is 0 Å². The Morgan fingerprint density at radius 1 is 1.29 bits per heavy atom. The van der Waals surface area contributed by atoms with Crippen LogP contribution < -0.4 is 5.32 Å². The summed E-state index contributed by atoms with van der Waals surface area (Å²) in [6, 6.07) is 4.96. The Hall–Kier alpha value is -2.41. The van der Waals surface area contributed by atoms with Gasteiger partial charge in [-0.05, 0) is 24.6 Å². The first kappa shape index (κ1) is 15.0. The lowest BCUT2D eigenvalue weighted by molar-refractivity contribution is -0.387. The largest absolute Gasteiger partial charge is 0.306 e. The van der Waals surface area contributed by atoms with Gasteiger partial charge in [0.05, 0.1) is 4.92 Å². The van der Waals surface area contributed by atoms with Crippen molar-refractivity contribution in [3.8, 4) is 0 Å². The summed E-state index contributed by atoms with van der Waals surface area (Å²) in [4.78, 5) is 13.7. The molecule has 0 aliphatic carbocycles. The molecule has 0 bridgehead atoms. The molecule has 0 aliphatic rings. The fourth-order valence-electron chi connectivity index (χ4n) is 1.89. The third-order valence-corrected chi connectivity index (χ3v) is 3.12. The number of hydrogen-bond donors (Lipinski definition) is 1. The second-order valence-electron chi connectivity index (χ2n) is 4.54. The van der Waals surface area contributed by atoms with E-state index in [-0.39, 0.29) is 18.2 Å². The lowest BCUT2D eigenvalue weighted by Gasteiger charge is -2.14. The van der Waals surface area contributed by atoms with Crippen LogP contribution in [-0.4, -0.2) is 9.91 Å². The Kier molecular flexibility index (Phi) is 4.54. The van der Waals surface area contributed by atoms with Gasteiger partial charge in [0.1, 0.15) is 5.82 Å². The van der Waals surface area contributed by atoms with Gasteiger partial charge in [-0.15, -0.1) is 0 Å². The minimum Gasteiger partial charge on any atom is -0.306 e. The Bertz CT molecular complexity index is 650. The number of pyridine rings is 1. The van der Waals surface area contributed by atoms with Crippen LogP contribution in [0.2, 0.25) is 0 Å². The SMILES string of the molecule is C[C@@H](NCc1cc([N+](=O)[O-])c(F)cc1F)c1ccncc1. The van der Waals surface area contributed by atoms with E-state index in [9.17, 15) is 18.9 Å². The number of nitrogens with one attached hydrogen (secondary N) is 1. The third-order valence-electron chi connectivity index (χ3n) is 3.12. The summed E-state index contributed by atoms with van der Waals surface area (Å²) < 4.78 is 26.9. The van der Waals surface area contributed by atoms with Crippen LogP contribution in [-0.2, 0) is 6.54 Å². The van der Waals surface area contributed by atoms with Crippen molar-refractivity contribution in [2.75, 3.05) is 0 Å². The van der Waals surface area contributed by atoms with E-state index in [1.165, 1.54) is 0 Å². The lowest BCUT2D eigenvalue weighted by atomic mass is 10.1. The van der Waals surface area contributed by atoms with Crippen LogP contribution in [0.15, 0.2) is 36.7 Å². The smallest absolute Gasteiger partial charge is 0.305 e. The molecule has 1 aromatic carbocycles. The quantitative estimate of drug-likeness (QED) is 0.679. The molecule has 0 unspecified atom stereocenters. The molecule has 0 spiro atoms. The normalized spacial score (nSPS) is 12.1. The zero-order valence-electron chi connectivity index (χ0n) is 11.2. The molecule has 0 aliphatic heterocycles. The number of halogens is 2. The fraction of sp³-hybridized carbons (Fsp3) is 0.214.